The molecule has 3 rings (SSSR count). The van der Waals surface area contributed by atoms with Gasteiger partial charge >= 0.3 is 0 Å². The fraction of sp³-hybridized carbons (Fsp3) is 0.214. The Hall–Kier alpha value is -2.23. The Labute approximate surface area is 104 Å². The van der Waals surface area contributed by atoms with Gasteiger partial charge in [-0.05, 0) is 24.6 Å². The van der Waals surface area contributed by atoms with Gasteiger partial charge < -0.3 is 14.0 Å². The highest BCUT2D eigenvalue weighted by molar-refractivity contribution is 5.52. The minimum absolute atomic E-state index is 0.122. The van der Waals surface area contributed by atoms with E-state index in [0.717, 1.165) is 22.7 Å². The molecule has 2 aromatic rings. The molecule has 92 valence electrons. The van der Waals surface area contributed by atoms with E-state index in [4.69, 9.17) is 9.47 Å². The SMILES string of the molecule is COc1cn2c(cc1=O)COc1ccc(C)cc1-2. The van der Waals surface area contributed by atoms with Crippen LogP contribution in [-0.4, -0.2) is 11.7 Å². The molecule has 1 aliphatic rings. The summed E-state index contributed by atoms with van der Waals surface area (Å²) < 4.78 is 12.7. The molecule has 0 saturated carbocycles. The molecule has 4 heteroatoms. The molecule has 1 aliphatic heterocycles. The summed E-state index contributed by atoms with van der Waals surface area (Å²) in [7, 11) is 1.50. The van der Waals surface area contributed by atoms with Crippen LogP contribution < -0.4 is 14.9 Å². The highest BCUT2D eigenvalue weighted by Crippen LogP contribution is 2.30. The van der Waals surface area contributed by atoms with Crippen molar-refractivity contribution in [3.63, 3.8) is 0 Å². The normalized spacial score (nSPS) is 12.3. The van der Waals surface area contributed by atoms with E-state index in [2.05, 4.69) is 0 Å². The predicted octanol–water partition coefficient (Wildman–Crippen LogP) is 2.05. The predicted molar refractivity (Wildman–Crippen MR) is 67.7 cm³/mol. The topological polar surface area (TPSA) is 40.5 Å². The maximum atomic E-state index is 11.7. The maximum Gasteiger partial charge on any atom is 0.223 e. The van der Waals surface area contributed by atoms with Crippen LogP contribution in [0.15, 0.2) is 35.3 Å². The summed E-state index contributed by atoms with van der Waals surface area (Å²) >= 11 is 0. The van der Waals surface area contributed by atoms with Gasteiger partial charge in [-0.2, -0.15) is 0 Å². The van der Waals surface area contributed by atoms with Crippen LogP contribution in [0.4, 0.5) is 0 Å². The van der Waals surface area contributed by atoms with Crippen molar-refractivity contribution in [1.29, 1.82) is 0 Å². The molecule has 4 nitrogen and oxygen atoms in total. The van der Waals surface area contributed by atoms with Crippen LogP contribution in [-0.2, 0) is 6.61 Å². The van der Waals surface area contributed by atoms with Gasteiger partial charge in [-0.15, -0.1) is 0 Å². The Bertz CT molecular complexity index is 673. The lowest BCUT2D eigenvalue weighted by atomic mass is 10.1. The van der Waals surface area contributed by atoms with Gasteiger partial charge in [0.25, 0.3) is 0 Å². The molecule has 0 spiro atoms. The molecule has 0 fully saturated rings. The molecular formula is C14H13NO3. The number of benzene rings is 1. The molecule has 1 aromatic carbocycles. The lowest BCUT2D eigenvalue weighted by molar-refractivity contribution is 0.282. The Morgan fingerprint density at radius 2 is 2.17 bits per heavy atom. The smallest absolute Gasteiger partial charge is 0.223 e. The van der Waals surface area contributed by atoms with Crippen LogP contribution in [0, 0.1) is 6.92 Å². The first kappa shape index (κ1) is 10.9. The van der Waals surface area contributed by atoms with Crippen molar-refractivity contribution in [1.82, 2.24) is 4.57 Å². The molecule has 2 heterocycles. The second-order valence-electron chi connectivity index (χ2n) is 4.33. The number of aryl methyl sites for hydroxylation is 1. The van der Waals surface area contributed by atoms with E-state index in [-0.39, 0.29) is 5.43 Å². The number of fused-ring (bicyclic) bond motifs is 3. The average Bonchev–Trinajstić information content (AvgIpc) is 2.37. The highest BCUT2D eigenvalue weighted by atomic mass is 16.5. The van der Waals surface area contributed by atoms with Crippen LogP contribution in [0.3, 0.4) is 0 Å². The highest BCUT2D eigenvalue weighted by Gasteiger charge is 2.17. The number of pyridine rings is 1. The van der Waals surface area contributed by atoms with Crippen molar-refractivity contribution >= 4 is 0 Å². The zero-order chi connectivity index (χ0) is 12.7. The quantitative estimate of drug-likeness (QED) is 0.769. The van der Waals surface area contributed by atoms with Crippen molar-refractivity contribution in [2.45, 2.75) is 13.5 Å². The molecule has 0 radical (unpaired) electrons. The molecule has 0 aliphatic carbocycles. The van der Waals surface area contributed by atoms with Gasteiger partial charge in [0.2, 0.25) is 5.43 Å². The summed E-state index contributed by atoms with van der Waals surface area (Å²) in [6, 6.07) is 7.54. The Morgan fingerprint density at radius 3 is 2.94 bits per heavy atom. The van der Waals surface area contributed by atoms with Crippen molar-refractivity contribution in [3.8, 4) is 17.2 Å². The number of aromatic nitrogens is 1. The zero-order valence-electron chi connectivity index (χ0n) is 10.3. The van der Waals surface area contributed by atoms with Crippen molar-refractivity contribution < 1.29 is 9.47 Å². The van der Waals surface area contributed by atoms with Crippen LogP contribution in [0.1, 0.15) is 11.3 Å². The minimum atomic E-state index is -0.122. The zero-order valence-corrected chi connectivity index (χ0v) is 10.3. The molecule has 0 amide bonds. The van der Waals surface area contributed by atoms with E-state index >= 15 is 0 Å². The van der Waals surface area contributed by atoms with Gasteiger partial charge in [0.05, 0.1) is 24.7 Å². The fourth-order valence-electron chi connectivity index (χ4n) is 2.13. The van der Waals surface area contributed by atoms with Gasteiger partial charge in [0.15, 0.2) is 5.75 Å². The molecule has 0 saturated heterocycles. The van der Waals surface area contributed by atoms with Gasteiger partial charge in [0, 0.05) is 6.07 Å². The minimum Gasteiger partial charge on any atom is -0.491 e. The van der Waals surface area contributed by atoms with Crippen molar-refractivity contribution in [3.05, 3.63) is 51.9 Å². The number of nitrogens with zero attached hydrogens (tertiary/aromatic N) is 1. The number of rotatable bonds is 1. The lowest BCUT2D eigenvalue weighted by Gasteiger charge is -2.23. The van der Waals surface area contributed by atoms with Crippen molar-refractivity contribution in [2.75, 3.05) is 7.11 Å². The summed E-state index contributed by atoms with van der Waals surface area (Å²) in [5, 5.41) is 0. The lowest BCUT2D eigenvalue weighted by Crippen LogP contribution is -2.19. The summed E-state index contributed by atoms with van der Waals surface area (Å²) in [5.74, 6) is 1.16. The van der Waals surface area contributed by atoms with Gasteiger partial charge in [-0.1, -0.05) is 6.07 Å². The van der Waals surface area contributed by atoms with Crippen LogP contribution in [0.2, 0.25) is 0 Å². The molecule has 0 N–H and O–H groups in total. The fourth-order valence-corrected chi connectivity index (χ4v) is 2.13. The number of ether oxygens (including phenoxy) is 2. The number of hydrogen-bond acceptors (Lipinski definition) is 3. The Balaban J connectivity index is 2.28. The average molecular weight is 243 g/mol. The largest absolute Gasteiger partial charge is 0.491 e. The van der Waals surface area contributed by atoms with Gasteiger partial charge in [-0.3, -0.25) is 4.79 Å². The first-order valence-corrected chi connectivity index (χ1v) is 5.72. The third kappa shape index (κ3) is 1.57. The van der Waals surface area contributed by atoms with E-state index in [9.17, 15) is 4.79 Å². The van der Waals surface area contributed by atoms with Crippen LogP contribution >= 0.6 is 0 Å². The maximum absolute atomic E-state index is 11.7. The summed E-state index contributed by atoms with van der Waals surface area (Å²) in [6.07, 6.45) is 1.72. The molecule has 18 heavy (non-hydrogen) atoms. The number of methoxy groups -OCH3 is 1. The van der Waals surface area contributed by atoms with E-state index in [1.807, 2.05) is 29.7 Å². The molecule has 0 unspecified atom stereocenters. The second kappa shape index (κ2) is 3.91. The van der Waals surface area contributed by atoms with E-state index in [1.165, 1.54) is 7.11 Å². The number of hydrogen-bond donors (Lipinski definition) is 0. The third-order valence-electron chi connectivity index (χ3n) is 3.07. The third-order valence-corrected chi connectivity index (χ3v) is 3.07. The monoisotopic (exact) mass is 243 g/mol. The molecular weight excluding hydrogens is 230 g/mol. The van der Waals surface area contributed by atoms with Crippen molar-refractivity contribution in [2.24, 2.45) is 0 Å². The first-order valence-electron chi connectivity index (χ1n) is 5.72. The van der Waals surface area contributed by atoms with E-state index < -0.39 is 0 Å². The van der Waals surface area contributed by atoms with Gasteiger partial charge in [0.1, 0.15) is 12.4 Å². The Morgan fingerprint density at radius 1 is 1.33 bits per heavy atom. The summed E-state index contributed by atoms with van der Waals surface area (Å²) in [4.78, 5) is 11.7. The molecule has 0 bridgehead atoms. The standard InChI is InChI=1S/C14H13NO3/c1-9-3-4-13-11(5-9)15-7-14(17-2)12(16)6-10(15)8-18-13/h3-7H,8H2,1-2H3. The Kier molecular flexibility index (Phi) is 2.37. The van der Waals surface area contributed by atoms with Crippen LogP contribution in [0.25, 0.3) is 5.69 Å². The second-order valence-corrected chi connectivity index (χ2v) is 4.33. The molecule has 0 atom stereocenters. The van der Waals surface area contributed by atoms with E-state index in [1.54, 1.807) is 12.3 Å². The van der Waals surface area contributed by atoms with Gasteiger partial charge in [-0.25, -0.2) is 0 Å². The molecule has 1 aromatic heterocycles. The van der Waals surface area contributed by atoms with E-state index in [0.29, 0.717) is 12.4 Å². The summed E-state index contributed by atoms with van der Waals surface area (Å²) in [6.45, 7) is 2.42. The first-order chi connectivity index (χ1) is 8.69. The van der Waals surface area contributed by atoms with Crippen LogP contribution in [0.5, 0.6) is 11.5 Å². The summed E-state index contributed by atoms with van der Waals surface area (Å²) in [5.41, 5.74) is 2.79.